The van der Waals surface area contributed by atoms with Crippen molar-refractivity contribution in [3.8, 4) is 0 Å². The zero-order chi connectivity index (χ0) is 6.69. The first-order chi connectivity index (χ1) is 4.30. The van der Waals surface area contributed by atoms with Crippen LogP contribution in [0.25, 0.3) is 0 Å². The lowest BCUT2D eigenvalue weighted by molar-refractivity contribution is 0.263. The Kier molecular flexibility index (Phi) is 2.45. The van der Waals surface area contributed by atoms with Crippen LogP contribution in [-0.2, 0) is 0 Å². The van der Waals surface area contributed by atoms with E-state index in [-0.39, 0.29) is 6.17 Å². The Morgan fingerprint density at radius 2 is 2.44 bits per heavy atom. The van der Waals surface area contributed by atoms with Gasteiger partial charge < -0.3 is 11.1 Å². The van der Waals surface area contributed by atoms with Crippen molar-refractivity contribution < 1.29 is 0 Å². The second-order valence-electron chi connectivity index (χ2n) is 2.61. The van der Waals surface area contributed by atoms with Gasteiger partial charge in [0.1, 0.15) is 0 Å². The highest BCUT2D eigenvalue weighted by Crippen LogP contribution is 1.93. The smallest absolute Gasteiger partial charge is 0.0697 e. The van der Waals surface area contributed by atoms with Crippen molar-refractivity contribution in [2.75, 3.05) is 26.7 Å². The minimum Gasteiger partial charge on any atom is -0.315 e. The summed E-state index contributed by atoms with van der Waals surface area (Å²) in [6.45, 7) is 3.16. The molecular weight excluding hydrogens is 114 g/mol. The van der Waals surface area contributed by atoms with Crippen molar-refractivity contribution in [3.63, 3.8) is 0 Å². The monoisotopic (exact) mass is 129 g/mol. The third-order valence-electron chi connectivity index (χ3n) is 1.78. The zero-order valence-electron chi connectivity index (χ0n) is 5.93. The molecule has 3 N–H and O–H groups in total. The van der Waals surface area contributed by atoms with Crippen LogP contribution in [0, 0.1) is 0 Å². The van der Waals surface area contributed by atoms with Gasteiger partial charge in [-0.1, -0.05) is 0 Å². The molecule has 1 unspecified atom stereocenters. The lowest BCUT2D eigenvalue weighted by atomic mass is 10.4. The lowest BCUT2D eigenvalue weighted by Crippen LogP contribution is -2.43. The SMILES string of the molecule is CN1CCCNCC1N. The highest BCUT2D eigenvalue weighted by Gasteiger charge is 2.10. The second-order valence-corrected chi connectivity index (χ2v) is 2.61. The van der Waals surface area contributed by atoms with Gasteiger partial charge in [0.25, 0.3) is 0 Å². The minimum atomic E-state index is 0.215. The number of nitrogens with two attached hydrogens (primary N) is 1. The van der Waals surface area contributed by atoms with Crippen LogP contribution in [0.4, 0.5) is 0 Å². The molecular formula is C6H15N3. The Bertz CT molecular complexity index is 74.4. The number of rotatable bonds is 0. The number of nitrogens with zero attached hydrogens (tertiary/aromatic N) is 1. The molecule has 1 atom stereocenters. The van der Waals surface area contributed by atoms with E-state index < -0.39 is 0 Å². The minimum absolute atomic E-state index is 0.215. The molecule has 9 heavy (non-hydrogen) atoms. The fourth-order valence-electron chi connectivity index (χ4n) is 1.03. The average Bonchev–Trinajstić information content (AvgIpc) is 1.99. The van der Waals surface area contributed by atoms with Crippen LogP contribution in [-0.4, -0.2) is 37.7 Å². The highest BCUT2D eigenvalue weighted by molar-refractivity contribution is 4.68. The summed E-state index contributed by atoms with van der Waals surface area (Å²) in [5.74, 6) is 0. The molecule has 1 heterocycles. The summed E-state index contributed by atoms with van der Waals surface area (Å²) in [6, 6.07) is 0. The van der Waals surface area contributed by atoms with Gasteiger partial charge in [-0.3, -0.25) is 4.90 Å². The maximum atomic E-state index is 5.74. The van der Waals surface area contributed by atoms with Crippen molar-refractivity contribution in [2.45, 2.75) is 12.6 Å². The van der Waals surface area contributed by atoms with Gasteiger partial charge in [-0.15, -0.1) is 0 Å². The first-order valence-electron chi connectivity index (χ1n) is 3.47. The topological polar surface area (TPSA) is 41.3 Å². The molecule has 1 aliphatic heterocycles. The Balaban J connectivity index is 2.32. The second kappa shape index (κ2) is 3.15. The van der Waals surface area contributed by atoms with Crippen molar-refractivity contribution in [1.82, 2.24) is 10.2 Å². The van der Waals surface area contributed by atoms with E-state index in [1.54, 1.807) is 0 Å². The van der Waals surface area contributed by atoms with E-state index in [0.29, 0.717) is 0 Å². The van der Waals surface area contributed by atoms with E-state index in [1.807, 2.05) is 0 Å². The summed E-state index contributed by atoms with van der Waals surface area (Å²) in [5.41, 5.74) is 5.74. The number of hydrogen-bond donors (Lipinski definition) is 2. The molecule has 3 nitrogen and oxygen atoms in total. The van der Waals surface area contributed by atoms with Crippen molar-refractivity contribution in [3.05, 3.63) is 0 Å². The fourth-order valence-corrected chi connectivity index (χ4v) is 1.03. The summed E-state index contributed by atoms with van der Waals surface area (Å²) < 4.78 is 0. The Morgan fingerprint density at radius 1 is 1.67 bits per heavy atom. The Morgan fingerprint density at radius 3 is 3.22 bits per heavy atom. The zero-order valence-corrected chi connectivity index (χ0v) is 5.93. The van der Waals surface area contributed by atoms with Crippen LogP contribution in [0.5, 0.6) is 0 Å². The van der Waals surface area contributed by atoms with Gasteiger partial charge in [-0.05, 0) is 20.0 Å². The van der Waals surface area contributed by atoms with Crippen molar-refractivity contribution >= 4 is 0 Å². The van der Waals surface area contributed by atoms with Gasteiger partial charge in [-0.2, -0.15) is 0 Å². The molecule has 0 bridgehead atoms. The maximum Gasteiger partial charge on any atom is 0.0697 e. The van der Waals surface area contributed by atoms with E-state index >= 15 is 0 Å². The van der Waals surface area contributed by atoms with E-state index in [1.165, 1.54) is 6.42 Å². The summed E-state index contributed by atoms with van der Waals surface area (Å²) in [6.07, 6.45) is 1.43. The van der Waals surface area contributed by atoms with Crippen molar-refractivity contribution in [2.24, 2.45) is 5.73 Å². The highest BCUT2D eigenvalue weighted by atomic mass is 15.2. The van der Waals surface area contributed by atoms with Gasteiger partial charge in [0, 0.05) is 13.1 Å². The lowest BCUT2D eigenvalue weighted by Gasteiger charge is -2.20. The maximum absolute atomic E-state index is 5.74. The van der Waals surface area contributed by atoms with Crippen LogP contribution in [0.15, 0.2) is 0 Å². The van der Waals surface area contributed by atoms with Gasteiger partial charge in [0.05, 0.1) is 6.17 Å². The average molecular weight is 129 g/mol. The first kappa shape index (κ1) is 6.99. The molecule has 0 radical (unpaired) electrons. The molecule has 0 spiro atoms. The molecule has 0 aromatic rings. The van der Waals surface area contributed by atoms with Crippen LogP contribution >= 0.6 is 0 Å². The molecule has 1 saturated heterocycles. The molecule has 0 aromatic carbocycles. The largest absolute Gasteiger partial charge is 0.315 e. The van der Waals surface area contributed by atoms with E-state index in [0.717, 1.165) is 19.6 Å². The Hall–Kier alpha value is -0.120. The van der Waals surface area contributed by atoms with Gasteiger partial charge in [0.2, 0.25) is 0 Å². The predicted molar refractivity (Wildman–Crippen MR) is 38.1 cm³/mol. The summed E-state index contributed by atoms with van der Waals surface area (Å²) in [7, 11) is 2.07. The fraction of sp³-hybridized carbons (Fsp3) is 1.00. The third kappa shape index (κ3) is 1.93. The molecule has 54 valence electrons. The van der Waals surface area contributed by atoms with Crippen LogP contribution in [0.2, 0.25) is 0 Å². The molecule has 0 saturated carbocycles. The summed E-state index contributed by atoms with van der Waals surface area (Å²) in [4.78, 5) is 2.18. The van der Waals surface area contributed by atoms with Crippen LogP contribution in [0.3, 0.4) is 0 Å². The quantitative estimate of drug-likeness (QED) is 0.450. The molecule has 0 aliphatic carbocycles. The van der Waals surface area contributed by atoms with Crippen LogP contribution < -0.4 is 11.1 Å². The number of hydrogen-bond acceptors (Lipinski definition) is 3. The molecule has 0 amide bonds. The molecule has 0 aromatic heterocycles. The Labute approximate surface area is 56.2 Å². The standard InChI is InChI=1S/C6H15N3/c1-9-4-2-3-8-5-6(9)7/h6,8H,2-5,7H2,1H3. The van der Waals surface area contributed by atoms with E-state index in [9.17, 15) is 0 Å². The van der Waals surface area contributed by atoms with Crippen molar-refractivity contribution in [1.29, 1.82) is 0 Å². The summed E-state index contributed by atoms with van der Waals surface area (Å²) in [5, 5.41) is 3.26. The summed E-state index contributed by atoms with van der Waals surface area (Å²) >= 11 is 0. The van der Waals surface area contributed by atoms with Gasteiger partial charge in [-0.25, -0.2) is 0 Å². The van der Waals surface area contributed by atoms with E-state index in [2.05, 4.69) is 17.3 Å². The predicted octanol–water partition coefficient (Wildman–Crippen LogP) is -0.804. The first-order valence-corrected chi connectivity index (χ1v) is 3.47. The number of nitrogens with one attached hydrogen (secondary N) is 1. The molecule has 1 rings (SSSR count). The molecule has 1 fully saturated rings. The molecule has 3 heteroatoms. The number of likely N-dealkylation sites (N-methyl/N-ethyl adjacent to an activating group) is 1. The normalized spacial score (nSPS) is 32.0. The third-order valence-corrected chi connectivity index (χ3v) is 1.78. The molecule has 1 aliphatic rings. The van der Waals surface area contributed by atoms with Gasteiger partial charge in [0.15, 0.2) is 0 Å². The van der Waals surface area contributed by atoms with E-state index in [4.69, 9.17) is 5.73 Å². The van der Waals surface area contributed by atoms with Crippen LogP contribution in [0.1, 0.15) is 6.42 Å². The van der Waals surface area contributed by atoms with Gasteiger partial charge >= 0.3 is 0 Å².